The van der Waals surface area contributed by atoms with Crippen molar-refractivity contribution < 1.29 is 43.9 Å². The average molecular weight is 418 g/mol. The van der Waals surface area contributed by atoms with E-state index in [9.17, 15) is 29.7 Å². The third kappa shape index (κ3) is 7.91. The van der Waals surface area contributed by atoms with Gasteiger partial charge in [-0.2, -0.15) is 0 Å². The highest BCUT2D eigenvalue weighted by Crippen LogP contribution is 2.29. The Morgan fingerprint density at radius 1 is 0.655 bits per heavy atom. The van der Waals surface area contributed by atoms with Crippen molar-refractivity contribution in [3.63, 3.8) is 0 Å². The van der Waals surface area contributed by atoms with Gasteiger partial charge in [-0.3, -0.25) is 14.4 Å². The first-order valence-electron chi connectivity index (χ1n) is 10.3. The minimum Gasteiger partial charge on any atom is -0.456 e. The summed E-state index contributed by atoms with van der Waals surface area (Å²) in [6.07, 6.45) is -4.79. The van der Waals surface area contributed by atoms with Gasteiger partial charge in [0.15, 0.2) is 18.3 Å². The van der Waals surface area contributed by atoms with E-state index in [1.165, 1.54) is 0 Å². The third-order valence-electron chi connectivity index (χ3n) is 4.83. The number of ether oxygens (including phenoxy) is 3. The van der Waals surface area contributed by atoms with Gasteiger partial charge in [0.25, 0.3) is 0 Å². The molecule has 1 saturated carbocycles. The van der Waals surface area contributed by atoms with Gasteiger partial charge in [0.2, 0.25) is 0 Å². The first kappa shape index (κ1) is 25.3. The van der Waals surface area contributed by atoms with Gasteiger partial charge < -0.3 is 29.5 Å². The van der Waals surface area contributed by atoms with E-state index < -0.39 is 54.5 Å². The van der Waals surface area contributed by atoms with Crippen LogP contribution >= 0.6 is 0 Å². The fourth-order valence-electron chi connectivity index (χ4n) is 3.23. The zero-order valence-electron chi connectivity index (χ0n) is 17.4. The predicted octanol–water partition coefficient (Wildman–Crippen LogP) is 0.999. The van der Waals surface area contributed by atoms with Crippen molar-refractivity contribution in [2.75, 3.05) is 0 Å². The van der Waals surface area contributed by atoms with Crippen LogP contribution in [-0.2, 0) is 28.6 Å². The van der Waals surface area contributed by atoms with E-state index in [1.54, 1.807) is 0 Å². The highest BCUT2D eigenvalue weighted by atomic mass is 16.6. The lowest BCUT2D eigenvalue weighted by molar-refractivity contribution is -0.247. The highest BCUT2D eigenvalue weighted by Gasteiger charge is 2.55. The van der Waals surface area contributed by atoms with Crippen LogP contribution in [0.1, 0.15) is 72.1 Å². The summed E-state index contributed by atoms with van der Waals surface area (Å²) < 4.78 is 15.7. The molecule has 0 bridgehead atoms. The zero-order chi connectivity index (χ0) is 22.0. The molecule has 6 atom stereocenters. The maximum absolute atomic E-state index is 12.2. The Morgan fingerprint density at radius 3 is 1.48 bits per heavy atom. The molecule has 0 aromatic rings. The van der Waals surface area contributed by atoms with Crippen molar-refractivity contribution in [1.82, 2.24) is 0 Å². The number of unbranched alkanes of at least 4 members (excludes halogenated alkanes) is 4. The molecule has 0 aliphatic heterocycles. The van der Waals surface area contributed by atoms with Gasteiger partial charge in [-0.25, -0.2) is 0 Å². The second-order valence-electron chi connectivity index (χ2n) is 7.37. The molecule has 0 radical (unpaired) electrons. The average Bonchev–Trinajstić information content (AvgIpc) is 2.66. The zero-order valence-corrected chi connectivity index (χ0v) is 17.4. The molecule has 29 heavy (non-hydrogen) atoms. The van der Waals surface area contributed by atoms with Crippen LogP contribution in [-0.4, -0.2) is 69.9 Å². The highest BCUT2D eigenvalue weighted by molar-refractivity contribution is 5.71. The molecule has 0 saturated heterocycles. The lowest BCUT2D eigenvalue weighted by Crippen LogP contribution is -2.66. The molecule has 0 heterocycles. The van der Waals surface area contributed by atoms with Crippen molar-refractivity contribution in [3.05, 3.63) is 0 Å². The fraction of sp³-hybridized carbons (Fsp3) is 0.850. The molecule has 0 amide bonds. The Kier molecular flexibility index (Phi) is 11.2. The van der Waals surface area contributed by atoms with Crippen LogP contribution in [0.25, 0.3) is 0 Å². The number of carbonyl (C=O) groups excluding carboxylic acids is 3. The Morgan fingerprint density at radius 2 is 1.07 bits per heavy atom. The number of aliphatic hydroxyl groups is 3. The molecular weight excluding hydrogens is 384 g/mol. The molecule has 1 aliphatic rings. The molecule has 9 nitrogen and oxygen atoms in total. The molecule has 1 rings (SSSR count). The number of rotatable bonds is 11. The number of hydrogen-bond acceptors (Lipinski definition) is 9. The first-order chi connectivity index (χ1) is 13.7. The topological polar surface area (TPSA) is 140 Å². The summed E-state index contributed by atoms with van der Waals surface area (Å²) in [4.78, 5) is 35.9. The van der Waals surface area contributed by atoms with E-state index in [0.717, 1.165) is 32.6 Å². The summed E-state index contributed by atoms with van der Waals surface area (Å²) in [6.45, 7) is 5.05. The van der Waals surface area contributed by atoms with Crippen LogP contribution in [0.15, 0.2) is 0 Å². The monoisotopic (exact) mass is 418 g/mol. The van der Waals surface area contributed by atoms with Gasteiger partial charge in [-0.05, 0) is 12.8 Å². The van der Waals surface area contributed by atoms with Crippen molar-refractivity contribution in [2.24, 2.45) is 0 Å². The quantitative estimate of drug-likeness (QED) is 0.255. The fourth-order valence-corrected chi connectivity index (χ4v) is 3.23. The predicted molar refractivity (Wildman–Crippen MR) is 102 cm³/mol. The van der Waals surface area contributed by atoms with E-state index in [2.05, 4.69) is 0 Å². The SMILES string of the molecule is CCCCCC(=O)OC1C(O)C(O)C(O)C(OC(C)=O)C1OC(=O)CCCCC. The van der Waals surface area contributed by atoms with Crippen molar-refractivity contribution in [1.29, 1.82) is 0 Å². The third-order valence-corrected chi connectivity index (χ3v) is 4.83. The standard InChI is InChI=1S/C20H34O9/c1-4-6-8-10-13(22)28-19-17(26)15(24)16(25)18(27-12(3)21)20(19)29-14(23)11-9-7-5-2/h15-20,24-26H,4-11H2,1-3H3. The molecule has 0 aromatic heterocycles. The Bertz CT molecular complexity index is 536. The molecule has 0 spiro atoms. The smallest absolute Gasteiger partial charge is 0.306 e. The van der Waals surface area contributed by atoms with E-state index in [0.29, 0.717) is 12.8 Å². The van der Waals surface area contributed by atoms with Crippen molar-refractivity contribution in [3.8, 4) is 0 Å². The van der Waals surface area contributed by atoms with Crippen LogP contribution in [0, 0.1) is 0 Å². The number of hydrogen-bond donors (Lipinski definition) is 3. The van der Waals surface area contributed by atoms with E-state index >= 15 is 0 Å². The maximum atomic E-state index is 12.2. The van der Waals surface area contributed by atoms with E-state index in [-0.39, 0.29) is 12.8 Å². The van der Waals surface area contributed by atoms with Gasteiger partial charge in [-0.1, -0.05) is 39.5 Å². The summed E-state index contributed by atoms with van der Waals surface area (Å²) in [6, 6.07) is 0. The second kappa shape index (κ2) is 12.8. The van der Waals surface area contributed by atoms with Crippen LogP contribution in [0.4, 0.5) is 0 Å². The Labute approximate surface area is 171 Å². The molecule has 9 heteroatoms. The van der Waals surface area contributed by atoms with Crippen molar-refractivity contribution in [2.45, 2.75) is 109 Å². The van der Waals surface area contributed by atoms with Crippen LogP contribution in [0.3, 0.4) is 0 Å². The Balaban J connectivity index is 3.00. The molecule has 3 N–H and O–H groups in total. The van der Waals surface area contributed by atoms with Crippen LogP contribution < -0.4 is 0 Å². The number of carbonyl (C=O) groups is 3. The molecule has 6 unspecified atom stereocenters. The van der Waals surface area contributed by atoms with Crippen LogP contribution in [0.5, 0.6) is 0 Å². The Hall–Kier alpha value is -1.71. The van der Waals surface area contributed by atoms with Crippen LogP contribution in [0.2, 0.25) is 0 Å². The summed E-state index contributed by atoms with van der Waals surface area (Å²) in [7, 11) is 0. The molecule has 168 valence electrons. The summed E-state index contributed by atoms with van der Waals surface area (Å²) in [5, 5.41) is 30.7. The molecule has 1 aliphatic carbocycles. The molecule has 0 aromatic carbocycles. The van der Waals surface area contributed by atoms with Gasteiger partial charge in [0.05, 0.1) is 0 Å². The van der Waals surface area contributed by atoms with E-state index in [1.807, 2.05) is 13.8 Å². The van der Waals surface area contributed by atoms with Crippen molar-refractivity contribution >= 4 is 17.9 Å². The number of aliphatic hydroxyl groups excluding tert-OH is 3. The van der Waals surface area contributed by atoms with E-state index in [4.69, 9.17) is 14.2 Å². The normalized spacial score (nSPS) is 29.2. The molecular formula is C20H34O9. The maximum Gasteiger partial charge on any atom is 0.306 e. The minimum absolute atomic E-state index is 0.0864. The lowest BCUT2D eigenvalue weighted by Gasteiger charge is -2.43. The molecule has 1 fully saturated rings. The second-order valence-corrected chi connectivity index (χ2v) is 7.37. The first-order valence-corrected chi connectivity index (χ1v) is 10.3. The summed E-state index contributed by atoms with van der Waals surface area (Å²) >= 11 is 0. The minimum atomic E-state index is -1.75. The van der Waals surface area contributed by atoms with Gasteiger partial charge in [-0.15, -0.1) is 0 Å². The van der Waals surface area contributed by atoms with Gasteiger partial charge in [0, 0.05) is 19.8 Å². The lowest BCUT2D eigenvalue weighted by atomic mass is 9.84. The largest absolute Gasteiger partial charge is 0.456 e. The summed E-state index contributed by atoms with van der Waals surface area (Å²) in [5.41, 5.74) is 0. The van der Waals surface area contributed by atoms with Gasteiger partial charge in [0.1, 0.15) is 18.3 Å². The summed E-state index contributed by atoms with van der Waals surface area (Å²) in [5.74, 6) is -2.05. The number of esters is 3. The van der Waals surface area contributed by atoms with Gasteiger partial charge >= 0.3 is 17.9 Å².